The summed E-state index contributed by atoms with van der Waals surface area (Å²) in [6.07, 6.45) is 0.986. The van der Waals surface area contributed by atoms with Crippen molar-refractivity contribution in [2.45, 2.75) is 26.3 Å². The first kappa shape index (κ1) is 18.0. The number of ether oxygens (including phenoxy) is 2. The van der Waals surface area contributed by atoms with E-state index in [1.165, 1.54) is 0 Å². The van der Waals surface area contributed by atoms with Gasteiger partial charge in [0.05, 0.1) is 25.3 Å². The molecule has 0 N–H and O–H groups in total. The van der Waals surface area contributed by atoms with Crippen LogP contribution in [0.2, 0.25) is 5.02 Å². The van der Waals surface area contributed by atoms with Crippen LogP contribution in [0.3, 0.4) is 0 Å². The van der Waals surface area contributed by atoms with Crippen LogP contribution in [0.25, 0.3) is 0 Å². The molecule has 0 aromatic heterocycles. The summed E-state index contributed by atoms with van der Waals surface area (Å²) in [5, 5.41) is 0.454. The number of rotatable bonds is 9. The average Bonchev–Trinajstić information content (AvgIpc) is 2.50. The van der Waals surface area contributed by atoms with Crippen LogP contribution in [-0.2, 0) is 4.74 Å². The zero-order valence-electron chi connectivity index (χ0n) is 13.2. The summed E-state index contributed by atoms with van der Waals surface area (Å²) in [7, 11) is 3.22. The van der Waals surface area contributed by atoms with Crippen molar-refractivity contribution >= 4 is 17.4 Å². The Labute approximate surface area is 132 Å². The van der Waals surface area contributed by atoms with Crippen LogP contribution in [0.15, 0.2) is 18.2 Å². The molecule has 0 amide bonds. The standard InChI is InChI=1S/C16H24ClNO3/c1-5-12(2)18(8-9-20-3)11-15(19)13-6-7-16(21-4)14(17)10-13/h6-7,10,12H,5,8-9,11H2,1-4H3. The zero-order valence-corrected chi connectivity index (χ0v) is 13.9. The van der Waals surface area contributed by atoms with E-state index in [4.69, 9.17) is 21.1 Å². The molecule has 1 aromatic carbocycles. The summed E-state index contributed by atoms with van der Waals surface area (Å²) in [5.74, 6) is 0.627. The summed E-state index contributed by atoms with van der Waals surface area (Å²) < 4.78 is 10.2. The van der Waals surface area contributed by atoms with E-state index in [1.54, 1.807) is 32.4 Å². The minimum absolute atomic E-state index is 0.0518. The number of Topliss-reactive ketones (excluding diaryl/α,β-unsaturated/α-hetero) is 1. The van der Waals surface area contributed by atoms with Gasteiger partial charge in [0.2, 0.25) is 0 Å². The third-order valence-corrected chi connectivity index (χ3v) is 3.91. The van der Waals surface area contributed by atoms with Crippen LogP contribution in [0.5, 0.6) is 5.75 Å². The highest BCUT2D eigenvalue weighted by molar-refractivity contribution is 6.32. The minimum Gasteiger partial charge on any atom is -0.495 e. The van der Waals surface area contributed by atoms with Gasteiger partial charge in [-0.25, -0.2) is 0 Å². The molecule has 0 bridgehead atoms. The van der Waals surface area contributed by atoms with Crippen molar-refractivity contribution in [3.8, 4) is 5.75 Å². The van der Waals surface area contributed by atoms with Gasteiger partial charge in [-0.3, -0.25) is 9.69 Å². The van der Waals surface area contributed by atoms with E-state index in [-0.39, 0.29) is 5.78 Å². The van der Waals surface area contributed by atoms with Gasteiger partial charge in [0.15, 0.2) is 5.78 Å². The number of nitrogens with zero attached hydrogens (tertiary/aromatic N) is 1. The second-order valence-corrected chi connectivity index (χ2v) is 5.40. The summed E-state index contributed by atoms with van der Waals surface area (Å²) in [6, 6.07) is 5.46. The number of carbonyl (C=O) groups is 1. The molecule has 1 atom stereocenters. The highest BCUT2D eigenvalue weighted by Gasteiger charge is 2.17. The Balaban J connectivity index is 2.78. The smallest absolute Gasteiger partial charge is 0.176 e. The molecule has 0 aliphatic heterocycles. The first-order valence-electron chi connectivity index (χ1n) is 7.13. The van der Waals surface area contributed by atoms with Gasteiger partial charge >= 0.3 is 0 Å². The third-order valence-electron chi connectivity index (χ3n) is 3.62. The average molecular weight is 314 g/mol. The maximum Gasteiger partial charge on any atom is 0.176 e. The Morgan fingerprint density at radius 1 is 1.38 bits per heavy atom. The monoisotopic (exact) mass is 313 g/mol. The Hall–Kier alpha value is -1.10. The molecule has 118 valence electrons. The molecule has 1 unspecified atom stereocenters. The zero-order chi connectivity index (χ0) is 15.8. The maximum absolute atomic E-state index is 12.4. The van der Waals surface area contributed by atoms with Gasteiger partial charge in [-0.15, -0.1) is 0 Å². The molecular formula is C16H24ClNO3. The number of hydrogen-bond acceptors (Lipinski definition) is 4. The van der Waals surface area contributed by atoms with Crippen molar-refractivity contribution in [1.29, 1.82) is 0 Å². The summed E-state index contributed by atoms with van der Waals surface area (Å²) in [5.41, 5.74) is 0.603. The molecule has 0 aliphatic rings. The van der Waals surface area contributed by atoms with Crippen LogP contribution in [0, 0.1) is 0 Å². The van der Waals surface area contributed by atoms with Crippen LogP contribution in [0.1, 0.15) is 30.6 Å². The fourth-order valence-electron chi connectivity index (χ4n) is 2.04. The molecule has 0 heterocycles. The van der Waals surface area contributed by atoms with Gasteiger partial charge in [-0.05, 0) is 31.5 Å². The summed E-state index contributed by atoms with van der Waals surface area (Å²) in [4.78, 5) is 14.5. The molecule has 4 nitrogen and oxygen atoms in total. The highest BCUT2D eigenvalue weighted by Crippen LogP contribution is 2.25. The quantitative estimate of drug-likeness (QED) is 0.656. The second-order valence-electron chi connectivity index (χ2n) is 4.99. The molecule has 0 radical (unpaired) electrons. The van der Waals surface area contributed by atoms with Gasteiger partial charge in [-0.2, -0.15) is 0 Å². The van der Waals surface area contributed by atoms with Gasteiger partial charge in [0.25, 0.3) is 0 Å². The van der Waals surface area contributed by atoms with Crippen LogP contribution in [0.4, 0.5) is 0 Å². The molecule has 1 rings (SSSR count). The number of carbonyl (C=O) groups excluding carboxylic acids is 1. The SMILES string of the molecule is CCC(C)N(CCOC)CC(=O)c1ccc(OC)c(Cl)c1. The predicted molar refractivity (Wildman–Crippen MR) is 85.5 cm³/mol. The molecule has 0 aliphatic carbocycles. The van der Waals surface area contributed by atoms with Crippen molar-refractivity contribution in [1.82, 2.24) is 4.90 Å². The fraction of sp³-hybridized carbons (Fsp3) is 0.562. The molecule has 0 saturated carbocycles. The molecular weight excluding hydrogens is 290 g/mol. The van der Waals surface area contributed by atoms with Crippen molar-refractivity contribution < 1.29 is 14.3 Å². The first-order chi connectivity index (χ1) is 10.0. The van der Waals surface area contributed by atoms with Gasteiger partial charge < -0.3 is 9.47 Å². The van der Waals surface area contributed by atoms with Gasteiger partial charge in [-0.1, -0.05) is 18.5 Å². The van der Waals surface area contributed by atoms with E-state index in [2.05, 4.69) is 18.7 Å². The van der Waals surface area contributed by atoms with Crippen molar-refractivity contribution in [2.24, 2.45) is 0 Å². The van der Waals surface area contributed by atoms with Gasteiger partial charge in [0.1, 0.15) is 5.75 Å². The topological polar surface area (TPSA) is 38.8 Å². The number of ketones is 1. The summed E-state index contributed by atoms with van der Waals surface area (Å²) in [6.45, 7) is 5.94. The van der Waals surface area contributed by atoms with Crippen molar-refractivity contribution in [2.75, 3.05) is 33.9 Å². The Bertz CT molecular complexity index is 465. The first-order valence-corrected chi connectivity index (χ1v) is 7.51. The third kappa shape index (κ3) is 5.30. The highest BCUT2D eigenvalue weighted by atomic mass is 35.5. The Morgan fingerprint density at radius 3 is 2.62 bits per heavy atom. The lowest BCUT2D eigenvalue weighted by Gasteiger charge is -2.27. The van der Waals surface area contributed by atoms with Crippen molar-refractivity contribution in [3.63, 3.8) is 0 Å². The van der Waals surface area contributed by atoms with E-state index >= 15 is 0 Å². The number of halogens is 1. The molecule has 5 heteroatoms. The number of hydrogen-bond donors (Lipinski definition) is 0. The van der Waals surface area contributed by atoms with Crippen LogP contribution in [-0.4, -0.2) is 50.6 Å². The fourth-order valence-corrected chi connectivity index (χ4v) is 2.30. The molecule has 0 fully saturated rings. The lowest BCUT2D eigenvalue weighted by atomic mass is 10.1. The normalized spacial score (nSPS) is 12.5. The second kappa shape index (κ2) is 9.03. The Kier molecular flexibility index (Phi) is 7.72. The number of benzene rings is 1. The summed E-state index contributed by atoms with van der Waals surface area (Å²) >= 11 is 6.07. The maximum atomic E-state index is 12.4. The van der Waals surface area contributed by atoms with E-state index in [1.807, 2.05) is 0 Å². The molecule has 0 spiro atoms. The molecule has 0 saturated heterocycles. The predicted octanol–water partition coefficient (Wildman–Crippen LogP) is 3.28. The van der Waals surface area contributed by atoms with E-state index in [0.29, 0.717) is 35.5 Å². The minimum atomic E-state index is 0.0518. The lowest BCUT2D eigenvalue weighted by molar-refractivity contribution is 0.0834. The van der Waals surface area contributed by atoms with Crippen molar-refractivity contribution in [3.05, 3.63) is 28.8 Å². The largest absolute Gasteiger partial charge is 0.495 e. The van der Waals surface area contributed by atoms with Gasteiger partial charge in [0, 0.05) is 25.3 Å². The Morgan fingerprint density at radius 2 is 2.10 bits per heavy atom. The number of methoxy groups -OCH3 is 2. The molecule has 21 heavy (non-hydrogen) atoms. The van der Waals surface area contributed by atoms with E-state index in [0.717, 1.165) is 13.0 Å². The van der Waals surface area contributed by atoms with E-state index < -0.39 is 0 Å². The lowest BCUT2D eigenvalue weighted by Crippen LogP contribution is -2.39. The van der Waals surface area contributed by atoms with Crippen LogP contribution >= 0.6 is 11.6 Å². The molecule has 1 aromatic rings. The van der Waals surface area contributed by atoms with Crippen LogP contribution < -0.4 is 4.74 Å². The van der Waals surface area contributed by atoms with E-state index in [9.17, 15) is 4.79 Å².